The minimum Gasteiger partial charge on any atom is -0.490 e. The molecule has 0 heterocycles. The van der Waals surface area contributed by atoms with E-state index in [1.165, 1.54) is 6.21 Å². The normalized spacial score (nSPS) is 10.6. The van der Waals surface area contributed by atoms with Gasteiger partial charge < -0.3 is 14.8 Å². The molecule has 0 saturated heterocycles. The van der Waals surface area contributed by atoms with Crippen LogP contribution in [-0.2, 0) is 4.79 Å². The number of esters is 1. The third-order valence-corrected chi connectivity index (χ3v) is 5.06. The predicted octanol–water partition coefficient (Wildman–Crippen LogP) is 4.49. The number of carbonyl (C=O) groups excluding carboxylic acids is 3. The lowest BCUT2D eigenvalue weighted by atomic mass is 10.2. The number of ether oxygens (including phenoxy) is 2. The Morgan fingerprint density at radius 2 is 1.71 bits per heavy atom. The minimum absolute atomic E-state index is 0.211. The smallest absolute Gasteiger partial charge is 0.345 e. The second-order valence-corrected chi connectivity index (χ2v) is 7.83. The largest absolute Gasteiger partial charge is 0.490 e. The summed E-state index contributed by atoms with van der Waals surface area (Å²) in [7, 11) is 0. The molecule has 0 unspecified atom stereocenters. The van der Waals surface area contributed by atoms with Gasteiger partial charge in [-0.25, -0.2) is 10.2 Å². The molecule has 3 aromatic carbocycles. The molecule has 10 heteroatoms. The van der Waals surface area contributed by atoms with Crippen LogP contribution < -0.4 is 20.2 Å². The van der Waals surface area contributed by atoms with Gasteiger partial charge in [-0.05, 0) is 67.1 Å². The molecule has 2 N–H and O–H groups in total. The SMILES string of the molecule is CCOc1cc(/C=N/NC(=O)CNC(=O)c2ccc(Cl)cc2)ccc1OC(=O)c1ccccc1Cl. The van der Waals surface area contributed by atoms with Crippen LogP contribution in [0.5, 0.6) is 11.5 Å². The minimum atomic E-state index is -0.620. The van der Waals surface area contributed by atoms with Gasteiger partial charge in [-0.2, -0.15) is 5.10 Å². The van der Waals surface area contributed by atoms with Crippen LogP contribution in [0, 0.1) is 0 Å². The molecule has 0 aliphatic carbocycles. The van der Waals surface area contributed by atoms with E-state index in [0.717, 1.165) is 0 Å². The van der Waals surface area contributed by atoms with E-state index in [-0.39, 0.29) is 22.9 Å². The van der Waals surface area contributed by atoms with E-state index in [1.807, 2.05) is 0 Å². The number of nitrogens with zero attached hydrogens (tertiary/aromatic N) is 1. The van der Waals surface area contributed by atoms with Gasteiger partial charge in [0, 0.05) is 10.6 Å². The third-order valence-electron chi connectivity index (χ3n) is 4.48. The molecule has 8 nitrogen and oxygen atoms in total. The highest BCUT2D eigenvalue weighted by Gasteiger charge is 2.15. The molecule has 3 aromatic rings. The van der Waals surface area contributed by atoms with Gasteiger partial charge in [-0.1, -0.05) is 35.3 Å². The first-order valence-electron chi connectivity index (χ1n) is 10.5. The Morgan fingerprint density at radius 1 is 0.971 bits per heavy atom. The molecule has 0 radical (unpaired) electrons. The van der Waals surface area contributed by atoms with Gasteiger partial charge in [0.15, 0.2) is 11.5 Å². The van der Waals surface area contributed by atoms with Gasteiger partial charge in [-0.15, -0.1) is 0 Å². The fourth-order valence-corrected chi connectivity index (χ4v) is 3.16. The highest BCUT2D eigenvalue weighted by molar-refractivity contribution is 6.33. The van der Waals surface area contributed by atoms with Gasteiger partial charge in [0.1, 0.15) is 0 Å². The quantitative estimate of drug-likeness (QED) is 0.190. The number of halogens is 2. The summed E-state index contributed by atoms with van der Waals surface area (Å²) in [5.74, 6) is -1.02. The second-order valence-electron chi connectivity index (χ2n) is 6.99. The molecule has 0 bridgehead atoms. The zero-order chi connectivity index (χ0) is 25.2. The van der Waals surface area contributed by atoms with Gasteiger partial charge >= 0.3 is 5.97 Å². The summed E-state index contributed by atoms with van der Waals surface area (Å²) >= 11 is 11.9. The summed E-state index contributed by atoms with van der Waals surface area (Å²) < 4.78 is 11.0. The van der Waals surface area contributed by atoms with Gasteiger partial charge in [-0.3, -0.25) is 9.59 Å². The lowest BCUT2D eigenvalue weighted by molar-refractivity contribution is -0.120. The zero-order valence-corrected chi connectivity index (χ0v) is 20.1. The molecule has 0 aliphatic rings. The summed E-state index contributed by atoms with van der Waals surface area (Å²) in [5, 5.41) is 7.16. The average molecular weight is 514 g/mol. The standard InChI is InChI=1S/C25H21Cl2N3O5/c1-2-34-22-13-16(7-12-21(22)35-25(33)19-5-3-4-6-20(19)27)14-29-30-23(31)15-28-24(32)17-8-10-18(26)11-9-17/h3-14H,2,15H2,1H3,(H,28,32)(H,30,31)/b29-14+. The van der Waals surface area contributed by atoms with Crippen molar-refractivity contribution in [2.45, 2.75) is 6.92 Å². The fourth-order valence-electron chi connectivity index (χ4n) is 2.82. The van der Waals surface area contributed by atoms with Crippen LogP contribution >= 0.6 is 23.2 Å². The fraction of sp³-hybridized carbons (Fsp3) is 0.120. The molecule has 2 amide bonds. The van der Waals surface area contributed by atoms with Crippen LogP contribution in [0.2, 0.25) is 10.0 Å². The summed E-state index contributed by atoms with van der Waals surface area (Å²) in [6, 6.07) is 17.6. The Labute approximate surface area is 211 Å². The number of hydrogen-bond donors (Lipinski definition) is 2. The summed E-state index contributed by atoms with van der Waals surface area (Å²) in [5.41, 5.74) is 3.52. The highest BCUT2D eigenvalue weighted by atomic mass is 35.5. The molecular weight excluding hydrogens is 493 g/mol. The van der Waals surface area contributed by atoms with E-state index in [4.69, 9.17) is 32.7 Å². The number of hydrogen-bond acceptors (Lipinski definition) is 6. The number of nitrogens with one attached hydrogen (secondary N) is 2. The number of hydrazone groups is 1. The summed E-state index contributed by atoms with van der Waals surface area (Å²) in [6.45, 7) is 1.86. The lowest BCUT2D eigenvalue weighted by Gasteiger charge is -2.12. The maximum Gasteiger partial charge on any atom is 0.345 e. The average Bonchev–Trinajstić information content (AvgIpc) is 2.85. The molecule has 0 saturated carbocycles. The van der Waals surface area contributed by atoms with Gasteiger partial charge in [0.2, 0.25) is 0 Å². The van der Waals surface area contributed by atoms with Crippen LogP contribution in [0.1, 0.15) is 33.2 Å². The van der Waals surface area contributed by atoms with Gasteiger partial charge in [0.25, 0.3) is 11.8 Å². The van der Waals surface area contributed by atoms with Crippen molar-refractivity contribution in [1.29, 1.82) is 0 Å². The maximum atomic E-state index is 12.5. The summed E-state index contributed by atoms with van der Waals surface area (Å²) in [4.78, 5) is 36.5. The molecule has 0 aliphatic heterocycles. The molecule has 3 rings (SSSR count). The van der Waals surface area contributed by atoms with Crippen molar-refractivity contribution in [3.8, 4) is 11.5 Å². The topological polar surface area (TPSA) is 106 Å². The number of amides is 2. The number of carbonyl (C=O) groups is 3. The van der Waals surface area contributed by atoms with Crippen molar-refractivity contribution in [1.82, 2.24) is 10.7 Å². The van der Waals surface area contributed by atoms with E-state index < -0.39 is 17.8 Å². The number of benzene rings is 3. The van der Waals surface area contributed by atoms with Crippen molar-refractivity contribution in [3.05, 3.63) is 93.5 Å². The monoisotopic (exact) mass is 513 g/mol. The van der Waals surface area contributed by atoms with E-state index in [0.29, 0.717) is 28.5 Å². The molecule has 180 valence electrons. The van der Waals surface area contributed by atoms with Gasteiger partial charge in [0.05, 0.1) is 30.0 Å². The Morgan fingerprint density at radius 3 is 2.43 bits per heavy atom. The van der Waals surface area contributed by atoms with E-state index in [1.54, 1.807) is 73.7 Å². The van der Waals surface area contributed by atoms with E-state index >= 15 is 0 Å². The van der Waals surface area contributed by atoms with E-state index in [2.05, 4.69) is 15.8 Å². The Hall–Kier alpha value is -3.88. The molecule has 0 aromatic heterocycles. The van der Waals surface area contributed by atoms with Crippen molar-refractivity contribution >= 4 is 47.2 Å². The van der Waals surface area contributed by atoms with Crippen LogP contribution in [-0.4, -0.2) is 37.1 Å². The first kappa shape index (κ1) is 25.7. The molecule has 0 atom stereocenters. The Bertz CT molecular complexity index is 1250. The van der Waals surface area contributed by atoms with Crippen LogP contribution in [0.4, 0.5) is 0 Å². The van der Waals surface area contributed by atoms with Crippen LogP contribution in [0.25, 0.3) is 0 Å². The molecule has 0 fully saturated rings. The van der Waals surface area contributed by atoms with Crippen molar-refractivity contribution in [2.24, 2.45) is 5.10 Å². The maximum absolute atomic E-state index is 12.5. The molecule has 0 spiro atoms. The zero-order valence-electron chi connectivity index (χ0n) is 18.6. The van der Waals surface area contributed by atoms with Crippen molar-refractivity contribution in [2.75, 3.05) is 13.2 Å². The summed E-state index contributed by atoms with van der Waals surface area (Å²) in [6.07, 6.45) is 1.39. The highest BCUT2D eigenvalue weighted by Crippen LogP contribution is 2.29. The van der Waals surface area contributed by atoms with Crippen molar-refractivity contribution < 1.29 is 23.9 Å². The van der Waals surface area contributed by atoms with Crippen molar-refractivity contribution in [3.63, 3.8) is 0 Å². The molecule has 35 heavy (non-hydrogen) atoms. The molecular formula is C25H21Cl2N3O5. The first-order chi connectivity index (χ1) is 16.9. The van der Waals surface area contributed by atoms with Crippen LogP contribution in [0.15, 0.2) is 71.8 Å². The second kappa shape index (κ2) is 12.5. The first-order valence-corrected chi connectivity index (χ1v) is 11.2. The number of rotatable bonds is 9. The Balaban J connectivity index is 1.57. The Kier molecular flexibility index (Phi) is 9.23. The lowest BCUT2D eigenvalue weighted by Crippen LogP contribution is -2.34. The van der Waals surface area contributed by atoms with Crippen LogP contribution in [0.3, 0.4) is 0 Å². The predicted molar refractivity (Wildman–Crippen MR) is 134 cm³/mol. The third kappa shape index (κ3) is 7.56. The van der Waals surface area contributed by atoms with E-state index in [9.17, 15) is 14.4 Å².